The fraction of sp³-hybridized carbons (Fsp3) is 0.154. The number of hydrogen-bond acceptors (Lipinski definition) is 3. The molecule has 0 aliphatic carbocycles. The van der Waals surface area contributed by atoms with Crippen molar-refractivity contribution in [1.29, 1.82) is 5.26 Å². The van der Waals surface area contributed by atoms with E-state index in [0.29, 0.717) is 5.56 Å². The van der Waals surface area contributed by atoms with Crippen molar-refractivity contribution in [2.24, 2.45) is 0 Å². The molecule has 0 saturated carbocycles. The number of benzene rings is 1. The largest absolute Gasteiger partial charge is 0.379 e. The lowest BCUT2D eigenvalue weighted by Gasteiger charge is -2.07. The number of rotatable bonds is 3. The quantitative estimate of drug-likeness (QED) is 0.872. The van der Waals surface area contributed by atoms with Crippen molar-refractivity contribution in [3.63, 3.8) is 0 Å². The Morgan fingerprint density at radius 2 is 2.25 bits per heavy atom. The molecule has 0 atom stereocenters. The van der Waals surface area contributed by atoms with Gasteiger partial charge in [0.2, 0.25) is 0 Å². The van der Waals surface area contributed by atoms with Crippen molar-refractivity contribution < 1.29 is 0 Å². The number of nitrogens with one attached hydrogen (secondary N) is 1. The number of anilines is 1. The van der Waals surface area contributed by atoms with Gasteiger partial charge in [-0.15, -0.1) is 11.3 Å². The van der Waals surface area contributed by atoms with Gasteiger partial charge >= 0.3 is 0 Å². The lowest BCUT2D eigenvalue weighted by Crippen LogP contribution is -1.99. The number of nitriles is 1. The molecular weight excluding hydrogens is 216 g/mol. The molecule has 0 unspecified atom stereocenters. The Hall–Kier alpha value is -1.79. The molecule has 1 heterocycles. The highest BCUT2D eigenvalue weighted by atomic mass is 32.1. The summed E-state index contributed by atoms with van der Waals surface area (Å²) < 4.78 is 0. The van der Waals surface area contributed by atoms with E-state index in [9.17, 15) is 0 Å². The number of hydrogen-bond donors (Lipinski definition) is 1. The monoisotopic (exact) mass is 228 g/mol. The van der Waals surface area contributed by atoms with Gasteiger partial charge in [-0.05, 0) is 36.1 Å². The Morgan fingerprint density at radius 3 is 2.94 bits per heavy atom. The van der Waals surface area contributed by atoms with Crippen molar-refractivity contribution in [3.05, 3.63) is 51.7 Å². The maximum Gasteiger partial charge on any atom is 0.101 e. The van der Waals surface area contributed by atoms with Crippen LogP contribution in [0.3, 0.4) is 0 Å². The predicted molar refractivity (Wildman–Crippen MR) is 67.5 cm³/mol. The Bertz CT molecular complexity index is 509. The fourth-order valence-corrected chi connectivity index (χ4v) is 2.14. The van der Waals surface area contributed by atoms with Crippen molar-refractivity contribution in [2.75, 3.05) is 5.32 Å². The molecule has 2 nitrogen and oxygen atoms in total. The van der Waals surface area contributed by atoms with Crippen molar-refractivity contribution in [2.45, 2.75) is 13.5 Å². The van der Waals surface area contributed by atoms with Crippen molar-refractivity contribution in [1.82, 2.24) is 0 Å². The highest BCUT2D eigenvalue weighted by molar-refractivity contribution is 7.09. The summed E-state index contributed by atoms with van der Waals surface area (Å²) in [6, 6.07) is 12.2. The zero-order valence-corrected chi connectivity index (χ0v) is 9.84. The topological polar surface area (TPSA) is 35.8 Å². The first-order valence-electron chi connectivity index (χ1n) is 5.06. The Morgan fingerprint density at radius 1 is 1.38 bits per heavy atom. The molecule has 1 aromatic carbocycles. The van der Waals surface area contributed by atoms with E-state index >= 15 is 0 Å². The molecule has 0 radical (unpaired) electrons. The van der Waals surface area contributed by atoms with Crippen LogP contribution in [0.5, 0.6) is 0 Å². The summed E-state index contributed by atoms with van der Waals surface area (Å²) in [6.07, 6.45) is 0. The third-order valence-corrected chi connectivity index (χ3v) is 3.21. The normalized spacial score (nSPS) is 9.75. The van der Waals surface area contributed by atoms with Gasteiger partial charge in [0.05, 0.1) is 11.3 Å². The average Bonchev–Trinajstić information content (AvgIpc) is 2.80. The van der Waals surface area contributed by atoms with Gasteiger partial charge in [0.1, 0.15) is 6.07 Å². The van der Waals surface area contributed by atoms with Gasteiger partial charge in [-0.25, -0.2) is 0 Å². The molecule has 0 aliphatic rings. The smallest absolute Gasteiger partial charge is 0.101 e. The molecule has 80 valence electrons. The van der Waals surface area contributed by atoms with Gasteiger partial charge in [-0.3, -0.25) is 0 Å². The Kier molecular flexibility index (Phi) is 3.23. The lowest BCUT2D eigenvalue weighted by molar-refractivity contribution is 1.18. The van der Waals surface area contributed by atoms with E-state index in [1.54, 1.807) is 11.3 Å². The summed E-state index contributed by atoms with van der Waals surface area (Å²) in [5.41, 5.74) is 2.72. The maximum absolute atomic E-state index is 9.01. The third kappa shape index (κ3) is 2.41. The van der Waals surface area contributed by atoms with E-state index in [2.05, 4.69) is 22.8 Å². The summed E-state index contributed by atoms with van der Waals surface area (Å²) in [5, 5.41) is 14.3. The second-order valence-electron chi connectivity index (χ2n) is 3.59. The first-order valence-corrected chi connectivity index (χ1v) is 5.94. The van der Waals surface area contributed by atoms with Crippen molar-refractivity contribution >= 4 is 17.0 Å². The van der Waals surface area contributed by atoms with E-state index in [-0.39, 0.29) is 0 Å². The minimum absolute atomic E-state index is 0.705. The zero-order chi connectivity index (χ0) is 11.4. The van der Waals surface area contributed by atoms with E-state index in [1.807, 2.05) is 31.2 Å². The molecule has 0 spiro atoms. The summed E-state index contributed by atoms with van der Waals surface area (Å²) in [5.74, 6) is 0. The molecule has 2 rings (SSSR count). The highest BCUT2D eigenvalue weighted by Crippen LogP contribution is 2.18. The van der Waals surface area contributed by atoms with E-state index in [1.165, 1.54) is 4.88 Å². The molecule has 0 amide bonds. The fourth-order valence-electron chi connectivity index (χ4n) is 1.50. The van der Waals surface area contributed by atoms with Crippen LogP contribution in [-0.4, -0.2) is 0 Å². The van der Waals surface area contributed by atoms with Crippen LogP contribution in [-0.2, 0) is 6.54 Å². The number of nitrogens with zero attached hydrogens (tertiary/aromatic N) is 1. The summed E-state index contributed by atoms with van der Waals surface area (Å²) in [7, 11) is 0. The van der Waals surface area contributed by atoms with Gasteiger partial charge in [-0.2, -0.15) is 5.26 Å². The molecule has 2 aromatic rings. The van der Waals surface area contributed by atoms with Crippen LogP contribution in [0.15, 0.2) is 35.7 Å². The predicted octanol–water partition coefficient (Wildman–Crippen LogP) is 3.54. The van der Waals surface area contributed by atoms with Gasteiger partial charge in [0.25, 0.3) is 0 Å². The summed E-state index contributed by atoms with van der Waals surface area (Å²) in [4.78, 5) is 1.27. The first kappa shape index (κ1) is 10.7. The summed E-state index contributed by atoms with van der Waals surface area (Å²) in [6.45, 7) is 2.76. The van der Waals surface area contributed by atoms with Gasteiger partial charge in [0, 0.05) is 11.4 Å². The van der Waals surface area contributed by atoms with E-state index in [0.717, 1.165) is 17.8 Å². The standard InChI is InChI=1S/C13H12N2S/c1-10-4-5-13(11(7-10)8-14)15-9-12-3-2-6-16-12/h2-7,15H,9H2,1H3. The molecule has 1 aromatic heterocycles. The minimum Gasteiger partial charge on any atom is -0.379 e. The first-order chi connectivity index (χ1) is 7.79. The molecule has 0 aliphatic heterocycles. The van der Waals surface area contributed by atoms with Crippen LogP contribution in [0, 0.1) is 18.3 Å². The van der Waals surface area contributed by atoms with Crippen LogP contribution in [0.2, 0.25) is 0 Å². The Balaban J connectivity index is 2.13. The van der Waals surface area contributed by atoms with Gasteiger partial charge < -0.3 is 5.32 Å². The maximum atomic E-state index is 9.01. The molecule has 0 fully saturated rings. The van der Waals surface area contributed by atoms with E-state index in [4.69, 9.17) is 5.26 Å². The molecule has 0 bridgehead atoms. The average molecular weight is 228 g/mol. The lowest BCUT2D eigenvalue weighted by atomic mass is 10.1. The van der Waals surface area contributed by atoms with Crippen LogP contribution in [0.1, 0.15) is 16.0 Å². The van der Waals surface area contributed by atoms with Crippen LogP contribution < -0.4 is 5.32 Å². The van der Waals surface area contributed by atoms with E-state index < -0.39 is 0 Å². The second-order valence-corrected chi connectivity index (χ2v) is 4.63. The van der Waals surface area contributed by atoms with Gasteiger partial charge in [-0.1, -0.05) is 12.1 Å². The van der Waals surface area contributed by atoms with Crippen LogP contribution >= 0.6 is 11.3 Å². The molecular formula is C13H12N2S. The molecule has 3 heteroatoms. The van der Waals surface area contributed by atoms with Crippen molar-refractivity contribution in [3.8, 4) is 6.07 Å². The molecule has 16 heavy (non-hydrogen) atoms. The number of aryl methyl sites for hydroxylation is 1. The minimum atomic E-state index is 0.705. The summed E-state index contributed by atoms with van der Waals surface area (Å²) >= 11 is 1.71. The Labute approximate surface area is 99.2 Å². The van der Waals surface area contributed by atoms with Crippen LogP contribution in [0.4, 0.5) is 5.69 Å². The SMILES string of the molecule is Cc1ccc(NCc2cccs2)c(C#N)c1. The second kappa shape index (κ2) is 4.82. The highest BCUT2D eigenvalue weighted by Gasteiger charge is 2.01. The van der Waals surface area contributed by atoms with Crippen LogP contribution in [0.25, 0.3) is 0 Å². The molecule has 1 N–H and O–H groups in total. The number of thiophene rings is 1. The third-order valence-electron chi connectivity index (χ3n) is 2.33. The zero-order valence-electron chi connectivity index (χ0n) is 9.03. The van der Waals surface area contributed by atoms with Gasteiger partial charge in [0.15, 0.2) is 0 Å². The molecule has 0 saturated heterocycles.